The van der Waals surface area contributed by atoms with Crippen LogP contribution < -0.4 is 4.74 Å². The molecule has 0 spiro atoms. The number of methoxy groups -OCH3 is 1. The van der Waals surface area contributed by atoms with Crippen LogP contribution in [-0.4, -0.2) is 55.4 Å². The minimum Gasteiger partial charge on any atom is -0.497 e. The van der Waals surface area contributed by atoms with Crippen molar-refractivity contribution in [2.75, 3.05) is 33.9 Å². The topological polar surface area (TPSA) is 59.0 Å². The van der Waals surface area contributed by atoms with Crippen LogP contribution in [0.5, 0.6) is 5.75 Å². The zero-order valence-corrected chi connectivity index (χ0v) is 12.7. The van der Waals surface area contributed by atoms with Crippen LogP contribution in [0, 0.1) is 0 Å². The van der Waals surface area contributed by atoms with Crippen LogP contribution in [0.3, 0.4) is 0 Å². The summed E-state index contributed by atoms with van der Waals surface area (Å²) in [6, 6.07) is 7.45. The number of carbonyl (C=O) groups is 1. The number of benzene rings is 1. The van der Waals surface area contributed by atoms with E-state index in [0.29, 0.717) is 39.0 Å². The Hall–Kier alpha value is -1.59. The summed E-state index contributed by atoms with van der Waals surface area (Å²) in [5.74, 6) is 0.774. The molecular formula is C16H23NO4. The minimum absolute atomic E-state index is 0.0000775. The number of rotatable bonds is 5. The second-order valence-electron chi connectivity index (χ2n) is 5.61. The lowest BCUT2D eigenvalue weighted by Crippen LogP contribution is -2.47. The van der Waals surface area contributed by atoms with Crippen molar-refractivity contribution in [3.05, 3.63) is 29.8 Å². The molecule has 1 N–H and O–H groups in total. The zero-order chi connectivity index (χ0) is 15.3. The third-order valence-corrected chi connectivity index (χ3v) is 3.90. The van der Waals surface area contributed by atoms with E-state index in [0.717, 1.165) is 11.3 Å². The fraction of sp³-hybridized carbons (Fsp3) is 0.562. The van der Waals surface area contributed by atoms with Crippen molar-refractivity contribution in [2.45, 2.75) is 24.9 Å². The Morgan fingerprint density at radius 1 is 1.33 bits per heavy atom. The third kappa shape index (κ3) is 4.44. The molecule has 1 heterocycles. The highest BCUT2D eigenvalue weighted by Gasteiger charge is 2.32. The summed E-state index contributed by atoms with van der Waals surface area (Å²) >= 11 is 0. The molecule has 5 heteroatoms. The number of amides is 1. The van der Waals surface area contributed by atoms with Gasteiger partial charge in [0.25, 0.3) is 0 Å². The van der Waals surface area contributed by atoms with Crippen LogP contribution >= 0.6 is 0 Å². The maximum absolute atomic E-state index is 12.2. The maximum Gasteiger partial charge on any atom is 0.226 e. The first-order valence-electron chi connectivity index (χ1n) is 7.19. The number of carbonyl (C=O) groups excluding carboxylic acids is 1. The molecule has 0 atom stereocenters. The second kappa shape index (κ2) is 6.91. The van der Waals surface area contributed by atoms with E-state index in [9.17, 15) is 9.90 Å². The van der Waals surface area contributed by atoms with Gasteiger partial charge in [-0.3, -0.25) is 4.79 Å². The van der Waals surface area contributed by atoms with Gasteiger partial charge in [0, 0.05) is 39.6 Å². The smallest absolute Gasteiger partial charge is 0.226 e. The fourth-order valence-electron chi connectivity index (χ4n) is 2.49. The van der Waals surface area contributed by atoms with E-state index in [1.165, 1.54) is 0 Å². The van der Waals surface area contributed by atoms with Crippen molar-refractivity contribution in [1.82, 2.24) is 4.90 Å². The normalized spacial score (nSPS) is 17.3. The monoisotopic (exact) mass is 293 g/mol. The summed E-state index contributed by atoms with van der Waals surface area (Å²) in [7, 11) is 3.35. The molecule has 1 aliphatic rings. The molecule has 5 nitrogen and oxygen atoms in total. The molecule has 0 radical (unpaired) electrons. The summed E-state index contributed by atoms with van der Waals surface area (Å²) in [6.07, 6.45) is 1.48. The van der Waals surface area contributed by atoms with Crippen molar-refractivity contribution in [1.29, 1.82) is 0 Å². The van der Waals surface area contributed by atoms with Crippen LogP contribution in [0.25, 0.3) is 0 Å². The molecule has 1 aromatic carbocycles. The van der Waals surface area contributed by atoms with Gasteiger partial charge in [-0.2, -0.15) is 0 Å². The van der Waals surface area contributed by atoms with Gasteiger partial charge < -0.3 is 19.5 Å². The molecule has 1 saturated heterocycles. The molecular weight excluding hydrogens is 270 g/mol. The van der Waals surface area contributed by atoms with Gasteiger partial charge in [-0.25, -0.2) is 0 Å². The Kier molecular flexibility index (Phi) is 5.20. The number of hydrogen-bond donors (Lipinski definition) is 1. The van der Waals surface area contributed by atoms with Gasteiger partial charge in [-0.05, 0) is 17.7 Å². The standard InChI is InChI=1S/C16H23NO4/c1-17(12-16(19)7-9-21-10-8-16)15(18)11-13-3-5-14(20-2)6-4-13/h3-6,19H,7-12H2,1-2H3. The predicted octanol–water partition coefficient (Wildman–Crippen LogP) is 1.24. The van der Waals surface area contributed by atoms with Crippen LogP contribution in [-0.2, 0) is 16.0 Å². The van der Waals surface area contributed by atoms with Gasteiger partial charge >= 0.3 is 0 Å². The van der Waals surface area contributed by atoms with Crippen molar-refractivity contribution in [3.8, 4) is 5.75 Å². The number of aliphatic hydroxyl groups is 1. The quantitative estimate of drug-likeness (QED) is 0.887. The van der Waals surface area contributed by atoms with Crippen LogP contribution in [0.4, 0.5) is 0 Å². The highest BCUT2D eigenvalue weighted by Crippen LogP contribution is 2.21. The van der Waals surface area contributed by atoms with Crippen molar-refractivity contribution >= 4 is 5.91 Å². The van der Waals surface area contributed by atoms with E-state index in [1.807, 2.05) is 24.3 Å². The van der Waals surface area contributed by atoms with Gasteiger partial charge in [0.1, 0.15) is 5.75 Å². The Morgan fingerprint density at radius 2 is 1.95 bits per heavy atom. The van der Waals surface area contributed by atoms with Crippen LogP contribution in [0.2, 0.25) is 0 Å². The molecule has 0 bridgehead atoms. The van der Waals surface area contributed by atoms with E-state index in [4.69, 9.17) is 9.47 Å². The summed E-state index contributed by atoms with van der Waals surface area (Å²) in [4.78, 5) is 13.8. The van der Waals surface area contributed by atoms with E-state index in [1.54, 1.807) is 19.1 Å². The summed E-state index contributed by atoms with van der Waals surface area (Å²) < 4.78 is 10.3. The van der Waals surface area contributed by atoms with E-state index in [2.05, 4.69) is 0 Å². The first-order valence-corrected chi connectivity index (χ1v) is 7.19. The summed E-state index contributed by atoms with van der Waals surface area (Å²) in [5, 5.41) is 10.4. The minimum atomic E-state index is -0.817. The average molecular weight is 293 g/mol. The molecule has 2 rings (SSSR count). The fourth-order valence-corrected chi connectivity index (χ4v) is 2.49. The first-order chi connectivity index (χ1) is 10.0. The van der Waals surface area contributed by atoms with Crippen LogP contribution in [0.15, 0.2) is 24.3 Å². The Balaban J connectivity index is 1.89. The van der Waals surface area contributed by atoms with Gasteiger partial charge in [0.15, 0.2) is 0 Å². The predicted molar refractivity (Wildman–Crippen MR) is 79.3 cm³/mol. The highest BCUT2D eigenvalue weighted by molar-refractivity contribution is 5.78. The Bertz CT molecular complexity index is 466. The lowest BCUT2D eigenvalue weighted by molar-refractivity contribution is -0.136. The molecule has 0 aliphatic carbocycles. The number of hydrogen-bond acceptors (Lipinski definition) is 4. The van der Waals surface area contributed by atoms with Gasteiger partial charge in [0.05, 0.1) is 19.1 Å². The number of likely N-dealkylation sites (N-methyl/N-ethyl adjacent to an activating group) is 1. The SMILES string of the molecule is COc1ccc(CC(=O)N(C)CC2(O)CCOCC2)cc1. The van der Waals surface area contributed by atoms with Gasteiger partial charge in [0.2, 0.25) is 5.91 Å². The third-order valence-electron chi connectivity index (χ3n) is 3.90. The Morgan fingerprint density at radius 3 is 2.52 bits per heavy atom. The molecule has 1 aliphatic heterocycles. The largest absolute Gasteiger partial charge is 0.497 e. The van der Waals surface area contributed by atoms with E-state index < -0.39 is 5.60 Å². The van der Waals surface area contributed by atoms with Crippen molar-refractivity contribution < 1.29 is 19.4 Å². The lowest BCUT2D eigenvalue weighted by Gasteiger charge is -2.35. The van der Waals surface area contributed by atoms with Crippen molar-refractivity contribution in [2.24, 2.45) is 0 Å². The van der Waals surface area contributed by atoms with E-state index in [-0.39, 0.29) is 5.91 Å². The maximum atomic E-state index is 12.2. The summed E-state index contributed by atoms with van der Waals surface area (Å²) in [6.45, 7) is 1.46. The zero-order valence-electron chi connectivity index (χ0n) is 12.7. The number of ether oxygens (including phenoxy) is 2. The van der Waals surface area contributed by atoms with Crippen molar-refractivity contribution in [3.63, 3.8) is 0 Å². The van der Waals surface area contributed by atoms with Crippen LogP contribution in [0.1, 0.15) is 18.4 Å². The lowest BCUT2D eigenvalue weighted by atomic mass is 9.94. The highest BCUT2D eigenvalue weighted by atomic mass is 16.5. The Labute approximate surface area is 125 Å². The average Bonchev–Trinajstić information content (AvgIpc) is 2.48. The molecule has 21 heavy (non-hydrogen) atoms. The van der Waals surface area contributed by atoms with Gasteiger partial charge in [-0.15, -0.1) is 0 Å². The molecule has 1 fully saturated rings. The molecule has 0 unspecified atom stereocenters. The van der Waals surface area contributed by atoms with Gasteiger partial charge in [-0.1, -0.05) is 12.1 Å². The second-order valence-corrected chi connectivity index (χ2v) is 5.61. The molecule has 116 valence electrons. The molecule has 0 aromatic heterocycles. The summed E-state index contributed by atoms with van der Waals surface area (Å²) in [5.41, 5.74) is 0.120. The van der Waals surface area contributed by atoms with E-state index >= 15 is 0 Å². The first kappa shape index (κ1) is 15.8. The molecule has 1 amide bonds. The number of nitrogens with zero attached hydrogens (tertiary/aromatic N) is 1. The molecule has 1 aromatic rings. The molecule has 0 saturated carbocycles.